The van der Waals surface area contributed by atoms with E-state index in [0.29, 0.717) is 5.92 Å². The van der Waals surface area contributed by atoms with E-state index in [1.807, 2.05) is 32.9 Å². The fourth-order valence-electron chi connectivity index (χ4n) is 3.47. The molecular formula is C19H29N3O2. The maximum atomic E-state index is 12.1. The Morgan fingerprint density at radius 3 is 2.33 bits per heavy atom. The van der Waals surface area contributed by atoms with E-state index in [1.54, 1.807) is 0 Å². The van der Waals surface area contributed by atoms with Crippen molar-refractivity contribution in [2.24, 2.45) is 5.92 Å². The average molecular weight is 331 g/mol. The molecule has 3 amide bonds. The fourth-order valence-corrected chi connectivity index (χ4v) is 3.47. The summed E-state index contributed by atoms with van der Waals surface area (Å²) < 4.78 is 0. The SMILES string of the molecule is Cc1cc(C)c(NC(=O)CNC(=O)NC2CCCCC2C)c(C)c1. The fraction of sp³-hybridized carbons (Fsp3) is 0.579. The number of hydrogen-bond donors (Lipinski definition) is 3. The van der Waals surface area contributed by atoms with Gasteiger partial charge in [-0.05, 0) is 50.7 Å². The number of nitrogens with one attached hydrogen (secondary N) is 3. The number of urea groups is 1. The molecule has 5 nitrogen and oxygen atoms in total. The highest BCUT2D eigenvalue weighted by Gasteiger charge is 2.22. The van der Waals surface area contributed by atoms with E-state index in [4.69, 9.17) is 0 Å². The highest BCUT2D eigenvalue weighted by molar-refractivity contribution is 5.95. The molecule has 3 N–H and O–H groups in total. The molecule has 2 rings (SSSR count). The first-order chi connectivity index (χ1) is 11.4. The van der Waals surface area contributed by atoms with Gasteiger partial charge in [0.05, 0.1) is 6.54 Å². The van der Waals surface area contributed by atoms with Crippen molar-refractivity contribution in [2.45, 2.75) is 59.4 Å². The molecule has 0 aliphatic heterocycles. The van der Waals surface area contributed by atoms with E-state index in [9.17, 15) is 9.59 Å². The predicted molar refractivity (Wildman–Crippen MR) is 97.2 cm³/mol. The summed E-state index contributed by atoms with van der Waals surface area (Å²) in [6.45, 7) is 8.11. The lowest BCUT2D eigenvalue weighted by Crippen LogP contribution is -2.47. The molecule has 1 aromatic carbocycles. The minimum absolute atomic E-state index is 0.0281. The Kier molecular flexibility index (Phi) is 6.23. The number of rotatable bonds is 4. The number of benzene rings is 1. The van der Waals surface area contributed by atoms with Gasteiger partial charge in [-0.1, -0.05) is 37.5 Å². The molecule has 2 unspecified atom stereocenters. The monoisotopic (exact) mass is 331 g/mol. The lowest BCUT2D eigenvalue weighted by molar-refractivity contribution is -0.115. The molecule has 5 heteroatoms. The smallest absolute Gasteiger partial charge is 0.315 e. The van der Waals surface area contributed by atoms with Crippen molar-refractivity contribution < 1.29 is 9.59 Å². The molecule has 1 aliphatic carbocycles. The second kappa shape index (κ2) is 8.18. The Hall–Kier alpha value is -2.04. The van der Waals surface area contributed by atoms with Crippen molar-refractivity contribution in [1.82, 2.24) is 10.6 Å². The van der Waals surface area contributed by atoms with Gasteiger partial charge < -0.3 is 16.0 Å². The molecule has 1 aromatic rings. The van der Waals surface area contributed by atoms with Gasteiger partial charge in [-0.3, -0.25) is 4.79 Å². The quantitative estimate of drug-likeness (QED) is 0.791. The maximum absolute atomic E-state index is 12.1. The molecule has 2 atom stereocenters. The van der Waals surface area contributed by atoms with Crippen LogP contribution in [0.4, 0.5) is 10.5 Å². The number of anilines is 1. The first-order valence-corrected chi connectivity index (χ1v) is 8.79. The van der Waals surface area contributed by atoms with Crippen molar-refractivity contribution >= 4 is 17.6 Å². The van der Waals surface area contributed by atoms with Crippen molar-refractivity contribution in [1.29, 1.82) is 0 Å². The second-order valence-electron chi connectivity index (χ2n) is 7.02. The van der Waals surface area contributed by atoms with Gasteiger partial charge in [0.2, 0.25) is 5.91 Å². The van der Waals surface area contributed by atoms with Gasteiger partial charge in [0.1, 0.15) is 0 Å². The minimum Gasteiger partial charge on any atom is -0.335 e. The summed E-state index contributed by atoms with van der Waals surface area (Å²) in [4.78, 5) is 24.1. The van der Waals surface area contributed by atoms with Crippen molar-refractivity contribution in [3.8, 4) is 0 Å². The summed E-state index contributed by atoms with van der Waals surface area (Å²) in [6, 6.07) is 4.02. The van der Waals surface area contributed by atoms with Crippen LogP contribution in [0.1, 0.15) is 49.3 Å². The minimum atomic E-state index is -0.263. The Morgan fingerprint density at radius 2 is 1.71 bits per heavy atom. The molecule has 24 heavy (non-hydrogen) atoms. The van der Waals surface area contributed by atoms with Crippen LogP contribution in [0.15, 0.2) is 12.1 Å². The molecular weight excluding hydrogens is 302 g/mol. The third-order valence-electron chi connectivity index (χ3n) is 4.78. The zero-order valence-corrected chi connectivity index (χ0v) is 15.2. The van der Waals surface area contributed by atoms with E-state index in [1.165, 1.54) is 12.0 Å². The van der Waals surface area contributed by atoms with Gasteiger partial charge in [-0.15, -0.1) is 0 Å². The van der Waals surface area contributed by atoms with Gasteiger partial charge in [0.25, 0.3) is 0 Å². The summed E-state index contributed by atoms with van der Waals surface area (Å²) in [7, 11) is 0. The summed E-state index contributed by atoms with van der Waals surface area (Å²) in [5, 5.41) is 8.54. The highest BCUT2D eigenvalue weighted by Crippen LogP contribution is 2.23. The van der Waals surface area contributed by atoms with Gasteiger partial charge in [0, 0.05) is 11.7 Å². The van der Waals surface area contributed by atoms with Crippen LogP contribution in [0.25, 0.3) is 0 Å². The molecule has 0 bridgehead atoms. The third-order valence-corrected chi connectivity index (χ3v) is 4.78. The zero-order chi connectivity index (χ0) is 17.7. The summed E-state index contributed by atoms with van der Waals surface area (Å²) >= 11 is 0. The number of aryl methyl sites for hydroxylation is 3. The topological polar surface area (TPSA) is 70.2 Å². The van der Waals surface area contributed by atoms with Gasteiger partial charge in [-0.2, -0.15) is 0 Å². The molecule has 132 valence electrons. The van der Waals surface area contributed by atoms with Crippen LogP contribution in [-0.2, 0) is 4.79 Å². The van der Waals surface area contributed by atoms with E-state index >= 15 is 0 Å². The molecule has 0 aromatic heterocycles. The summed E-state index contributed by atoms with van der Waals surface area (Å²) in [5.74, 6) is 0.285. The molecule has 0 radical (unpaired) electrons. The predicted octanol–water partition coefficient (Wildman–Crippen LogP) is 3.43. The Labute approximate surface area is 144 Å². The van der Waals surface area contributed by atoms with Gasteiger partial charge in [-0.25, -0.2) is 4.79 Å². The van der Waals surface area contributed by atoms with Crippen LogP contribution in [-0.4, -0.2) is 24.5 Å². The molecule has 1 fully saturated rings. The van der Waals surface area contributed by atoms with Crippen LogP contribution in [0, 0.1) is 26.7 Å². The van der Waals surface area contributed by atoms with Gasteiger partial charge >= 0.3 is 6.03 Å². The van der Waals surface area contributed by atoms with E-state index in [-0.39, 0.29) is 24.5 Å². The number of amides is 3. The first-order valence-electron chi connectivity index (χ1n) is 8.79. The first kappa shape index (κ1) is 18.3. The van der Waals surface area contributed by atoms with Gasteiger partial charge in [0.15, 0.2) is 0 Å². The Balaban J connectivity index is 1.82. The van der Waals surface area contributed by atoms with E-state index in [2.05, 4.69) is 22.9 Å². The molecule has 1 aliphatic rings. The van der Waals surface area contributed by atoms with Crippen molar-refractivity contribution in [3.63, 3.8) is 0 Å². The van der Waals surface area contributed by atoms with Crippen LogP contribution < -0.4 is 16.0 Å². The second-order valence-corrected chi connectivity index (χ2v) is 7.02. The van der Waals surface area contributed by atoms with E-state index in [0.717, 1.165) is 36.1 Å². The maximum Gasteiger partial charge on any atom is 0.315 e. The standard InChI is InChI=1S/C19H29N3O2/c1-12-9-14(3)18(15(4)10-12)22-17(23)11-20-19(24)21-16-8-6-5-7-13(16)2/h9-10,13,16H,5-8,11H2,1-4H3,(H,22,23)(H2,20,21,24). The van der Waals surface area contributed by atoms with Crippen LogP contribution in [0.5, 0.6) is 0 Å². The molecule has 1 saturated carbocycles. The Bertz CT molecular complexity index is 590. The van der Waals surface area contributed by atoms with Crippen LogP contribution >= 0.6 is 0 Å². The van der Waals surface area contributed by atoms with Crippen LogP contribution in [0.3, 0.4) is 0 Å². The number of hydrogen-bond acceptors (Lipinski definition) is 2. The van der Waals surface area contributed by atoms with Crippen LogP contribution in [0.2, 0.25) is 0 Å². The van der Waals surface area contributed by atoms with E-state index < -0.39 is 0 Å². The number of carbonyl (C=O) groups excluding carboxylic acids is 2. The zero-order valence-electron chi connectivity index (χ0n) is 15.2. The summed E-state index contributed by atoms with van der Waals surface area (Å²) in [6.07, 6.45) is 4.56. The lowest BCUT2D eigenvalue weighted by atomic mass is 9.86. The largest absolute Gasteiger partial charge is 0.335 e. The molecule has 0 heterocycles. The molecule has 0 spiro atoms. The molecule has 0 saturated heterocycles. The average Bonchev–Trinajstić information content (AvgIpc) is 2.51. The number of carbonyl (C=O) groups is 2. The van der Waals surface area contributed by atoms with Crippen molar-refractivity contribution in [2.75, 3.05) is 11.9 Å². The normalized spacial score (nSPS) is 20.3. The Morgan fingerprint density at radius 1 is 1.08 bits per heavy atom. The third kappa shape index (κ3) is 4.98. The lowest BCUT2D eigenvalue weighted by Gasteiger charge is -2.29. The summed E-state index contributed by atoms with van der Waals surface area (Å²) in [5.41, 5.74) is 4.05. The highest BCUT2D eigenvalue weighted by atomic mass is 16.2. The van der Waals surface area contributed by atoms with Crippen molar-refractivity contribution in [3.05, 3.63) is 28.8 Å².